The molecular formula is C12H17NO2. The molecule has 0 unspecified atom stereocenters. The summed E-state index contributed by atoms with van der Waals surface area (Å²) in [6, 6.07) is 7.39. The van der Waals surface area contributed by atoms with E-state index in [1.54, 1.807) is 6.07 Å². The van der Waals surface area contributed by atoms with E-state index in [0.29, 0.717) is 12.1 Å². The Labute approximate surface area is 90.2 Å². The maximum absolute atomic E-state index is 11.6. The van der Waals surface area contributed by atoms with Crippen molar-refractivity contribution in [3.05, 3.63) is 35.4 Å². The first kappa shape index (κ1) is 11.7. The lowest BCUT2D eigenvalue weighted by Gasteiger charge is -2.08. The molecule has 0 aliphatic heterocycles. The van der Waals surface area contributed by atoms with Gasteiger partial charge < -0.3 is 10.5 Å². The van der Waals surface area contributed by atoms with E-state index in [4.69, 9.17) is 10.5 Å². The first-order chi connectivity index (χ1) is 7.13. The molecule has 82 valence electrons. The van der Waals surface area contributed by atoms with Gasteiger partial charge in [0.05, 0.1) is 11.7 Å². The summed E-state index contributed by atoms with van der Waals surface area (Å²) >= 11 is 0. The van der Waals surface area contributed by atoms with Gasteiger partial charge in [-0.1, -0.05) is 12.1 Å². The van der Waals surface area contributed by atoms with Crippen LogP contribution >= 0.6 is 0 Å². The van der Waals surface area contributed by atoms with Crippen molar-refractivity contribution < 1.29 is 9.53 Å². The van der Waals surface area contributed by atoms with Crippen LogP contribution in [-0.4, -0.2) is 18.6 Å². The van der Waals surface area contributed by atoms with E-state index < -0.39 is 0 Å². The lowest BCUT2D eigenvalue weighted by molar-refractivity contribution is 0.0378. The highest BCUT2D eigenvalue weighted by Gasteiger charge is 2.08. The molecular weight excluding hydrogens is 190 g/mol. The van der Waals surface area contributed by atoms with E-state index in [-0.39, 0.29) is 12.1 Å². The standard InChI is InChI=1S/C12H17NO2/c1-9(2)15-12(14)11-5-3-4-10(8-11)6-7-13/h3-5,8-9H,6-7,13H2,1-2H3. The van der Waals surface area contributed by atoms with Crippen LogP contribution in [0.25, 0.3) is 0 Å². The molecule has 2 N–H and O–H groups in total. The molecule has 0 saturated carbocycles. The number of carbonyl (C=O) groups is 1. The maximum atomic E-state index is 11.6. The highest BCUT2D eigenvalue weighted by Crippen LogP contribution is 2.08. The fraction of sp³-hybridized carbons (Fsp3) is 0.417. The van der Waals surface area contributed by atoms with E-state index in [0.717, 1.165) is 12.0 Å². The summed E-state index contributed by atoms with van der Waals surface area (Å²) in [6.45, 7) is 4.26. The Morgan fingerprint density at radius 2 is 2.20 bits per heavy atom. The zero-order valence-electron chi connectivity index (χ0n) is 9.19. The average molecular weight is 207 g/mol. The topological polar surface area (TPSA) is 52.3 Å². The van der Waals surface area contributed by atoms with Crippen LogP contribution in [0.5, 0.6) is 0 Å². The van der Waals surface area contributed by atoms with Gasteiger partial charge in [0.25, 0.3) is 0 Å². The highest BCUT2D eigenvalue weighted by molar-refractivity contribution is 5.89. The van der Waals surface area contributed by atoms with Crippen LogP contribution in [0.15, 0.2) is 24.3 Å². The normalized spacial score (nSPS) is 10.4. The van der Waals surface area contributed by atoms with Crippen LogP contribution in [0.2, 0.25) is 0 Å². The van der Waals surface area contributed by atoms with Crippen LogP contribution < -0.4 is 5.73 Å². The first-order valence-electron chi connectivity index (χ1n) is 5.13. The molecule has 0 aromatic heterocycles. The minimum atomic E-state index is -0.274. The number of ether oxygens (including phenoxy) is 1. The number of esters is 1. The SMILES string of the molecule is CC(C)OC(=O)c1cccc(CCN)c1. The second kappa shape index (κ2) is 5.51. The number of carbonyl (C=O) groups excluding carboxylic acids is 1. The Morgan fingerprint density at radius 1 is 1.47 bits per heavy atom. The lowest BCUT2D eigenvalue weighted by atomic mass is 10.1. The third-order valence-electron chi connectivity index (χ3n) is 1.94. The van der Waals surface area contributed by atoms with E-state index in [9.17, 15) is 4.79 Å². The molecule has 0 bridgehead atoms. The molecule has 0 spiro atoms. The van der Waals surface area contributed by atoms with Crippen molar-refractivity contribution in [3.63, 3.8) is 0 Å². The fourth-order valence-electron chi connectivity index (χ4n) is 1.30. The largest absolute Gasteiger partial charge is 0.459 e. The van der Waals surface area contributed by atoms with Crippen molar-refractivity contribution in [1.29, 1.82) is 0 Å². The zero-order chi connectivity index (χ0) is 11.3. The van der Waals surface area contributed by atoms with E-state index >= 15 is 0 Å². The molecule has 15 heavy (non-hydrogen) atoms. The predicted octanol–water partition coefficient (Wildman–Crippen LogP) is 1.75. The predicted molar refractivity (Wildman–Crippen MR) is 59.8 cm³/mol. The number of hydrogen-bond donors (Lipinski definition) is 1. The van der Waals surface area contributed by atoms with Gasteiger partial charge in [-0.2, -0.15) is 0 Å². The van der Waals surface area contributed by atoms with Gasteiger partial charge in [-0.25, -0.2) is 4.79 Å². The second-order valence-electron chi connectivity index (χ2n) is 3.69. The Balaban J connectivity index is 2.76. The van der Waals surface area contributed by atoms with Crippen molar-refractivity contribution in [2.75, 3.05) is 6.54 Å². The van der Waals surface area contributed by atoms with Crippen molar-refractivity contribution in [3.8, 4) is 0 Å². The monoisotopic (exact) mass is 207 g/mol. The molecule has 0 aliphatic carbocycles. The summed E-state index contributed by atoms with van der Waals surface area (Å²) in [5, 5.41) is 0. The Hall–Kier alpha value is -1.35. The molecule has 3 heteroatoms. The molecule has 3 nitrogen and oxygen atoms in total. The quantitative estimate of drug-likeness (QED) is 0.765. The van der Waals surface area contributed by atoms with Crippen molar-refractivity contribution in [2.45, 2.75) is 26.4 Å². The molecule has 1 rings (SSSR count). The summed E-state index contributed by atoms with van der Waals surface area (Å²) in [6.07, 6.45) is 0.693. The number of rotatable bonds is 4. The van der Waals surface area contributed by atoms with Crippen LogP contribution in [0.4, 0.5) is 0 Å². The van der Waals surface area contributed by atoms with Crippen LogP contribution in [0.3, 0.4) is 0 Å². The number of nitrogens with two attached hydrogens (primary N) is 1. The highest BCUT2D eigenvalue weighted by atomic mass is 16.5. The summed E-state index contributed by atoms with van der Waals surface area (Å²) in [4.78, 5) is 11.6. The van der Waals surface area contributed by atoms with Crippen molar-refractivity contribution >= 4 is 5.97 Å². The second-order valence-corrected chi connectivity index (χ2v) is 3.69. The molecule has 0 fully saturated rings. The minimum absolute atomic E-state index is 0.0873. The minimum Gasteiger partial charge on any atom is -0.459 e. The molecule has 1 aromatic carbocycles. The summed E-state index contributed by atoms with van der Waals surface area (Å²) in [5.41, 5.74) is 7.11. The van der Waals surface area contributed by atoms with Crippen molar-refractivity contribution in [1.82, 2.24) is 0 Å². The summed E-state index contributed by atoms with van der Waals surface area (Å²) < 4.78 is 5.10. The van der Waals surface area contributed by atoms with Gasteiger partial charge in [-0.05, 0) is 44.5 Å². The van der Waals surface area contributed by atoms with E-state index in [1.807, 2.05) is 32.0 Å². The zero-order valence-corrected chi connectivity index (χ0v) is 9.19. The maximum Gasteiger partial charge on any atom is 0.338 e. The fourth-order valence-corrected chi connectivity index (χ4v) is 1.30. The molecule has 0 aliphatic rings. The Bertz CT molecular complexity index is 334. The van der Waals surface area contributed by atoms with E-state index in [2.05, 4.69) is 0 Å². The van der Waals surface area contributed by atoms with Gasteiger partial charge >= 0.3 is 5.97 Å². The molecule has 0 amide bonds. The third-order valence-corrected chi connectivity index (χ3v) is 1.94. The number of hydrogen-bond acceptors (Lipinski definition) is 3. The van der Waals surface area contributed by atoms with Gasteiger partial charge in [0.1, 0.15) is 0 Å². The first-order valence-corrected chi connectivity index (χ1v) is 5.13. The van der Waals surface area contributed by atoms with Gasteiger partial charge in [-0.15, -0.1) is 0 Å². The average Bonchev–Trinajstić information content (AvgIpc) is 2.17. The molecule has 0 saturated heterocycles. The molecule has 0 radical (unpaired) electrons. The molecule has 1 aromatic rings. The van der Waals surface area contributed by atoms with Gasteiger partial charge in [0.15, 0.2) is 0 Å². The Morgan fingerprint density at radius 3 is 2.80 bits per heavy atom. The Kier molecular flexibility index (Phi) is 4.31. The summed E-state index contributed by atoms with van der Waals surface area (Å²) in [5.74, 6) is -0.274. The molecule has 0 heterocycles. The third kappa shape index (κ3) is 3.72. The summed E-state index contributed by atoms with van der Waals surface area (Å²) in [7, 11) is 0. The molecule has 0 atom stereocenters. The van der Waals surface area contributed by atoms with Gasteiger partial charge in [0, 0.05) is 0 Å². The van der Waals surface area contributed by atoms with Crippen LogP contribution in [-0.2, 0) is 11.2 Å². The van der Waals surface area contributed by atoms with Gasteiger partial charge in [-0.3, -0.25) is 0 Å². The smallest absolute Gasteiger partial charge is 0.338 e. The van der Waals surface area contributed by atoms with Gasteiger partial charge in [0.2, 0.25) is 0 Å². The van der Waals surface area contributed by atoms with Crippen LogP contribution in [0, 0.1) is 0 Å². The van der Waals surface area contributed by atoms with E-state index in [1.165, 1.54) is 0 Å². The van der Waals surface area contributed by atoms with Crippen LogP contribution in [0.1, 0.15) is 29.8 Å². The van der Waals surface area contributed by atoms with Crippen molar-refractivity contribution in [2.24, 2.45) is 5.73 Å². The lowest BCUT2D eigenvalue weighted by Crippen LogP contribution is -2.12. The number of benzene rings is 1.